The number of carbonyl (C=O) groups excluding carboxylic acids is 1. The van der Waals surface area contributed by atoms with E-state index in [9.17, 15) is 4.79 Å². The first-order chi connectivity index (χ1) is 6.26. The van der Waals surface area contributed by atoms with Gasteiger partial charge in [-0.25, -0.2) is 0 Å². The number of nitrogens with zero attached hydrogens (tertiary/aromatic N) is 1. The summed E-state index contributed by atoms with van der Waals surface area (Å²) < 4.78 is 5.05. The summed E-state index contributed by atoms with van der Waals surface area (Å²) in [6.45, 7) is 4.62. The van der Waals surface area contributed by atoms with Crippen molar-refractivity contribution in [3.05, 3.63) is 0 Å². The van der Waals surface area contributed by atoms with Gasteiger partial charge in [0, 0.05) is 17.5 Å². The van der Waals surface area contributed by atoms with E-state index in [0.29, 0.717) is 12.0 Å². The van der Waals surface area contributed by atoms with Gasteiger partial charge in [0.2, 0.25) is 0 Å². The molecule has 4 fully saturated rings. The Labute approximate surface area is 78.0 Å². The Morgan fingerprint density at radius 3 is 2.69 bits per heavy atom. The number of hydrogen-bond acceptors (Lipinski definition) is 3. The predicted octanol–water partition coefficient (Wildman–Crippen LogP) is 0.785. The van der Waals surface area contributed by atoms with Gasteiger partial charge in [-0.1, -0.05) is 6.92 Å². The second-order valence-electron chi connectivity index (χ2n) is 4.40. The zero-order valence-electron chi connectivity index (χ0n) is 8.12. The molecule has 0 radical (unpaired) electrons. The first-order valence-electron chi connectivity index (χ1n) is 5.20. The van der Waals surface area contributed by atoms with Crippen molar-refractivity contribution in [2.24, 2.45) is 5.41 Å². The van der Waals surface area contributed by atoms with Crippen LogP contribution in [0.3, 0.4) is 0 Å². The largest absolute Gasteiger partial charge is 0.465 e. The monoisotopic (exact) mass is 181 g/mol. The van der Waals surface area contributed by atoms with Crippen LogP contribution in [-0.2, 0) is 9.53 Å². The number of ether oxygens (including phenoxy) is 1. The van der Waals surface area contributed by atoms with Gasteiger partial charge in [0.15, 0.2) is 0 Å². The zero-order chi connectivity index (χ0) is 9.22. The number of esters is 1. The maximum atomic E-state index is 11.5. The van der Waals surface area contributed by atoms with Gasteiger partial charge >= 0.3 is 5.97 Å². The summed E-state index contributed by atoms with van der Waals surface area (Å²) in [4.78, 5) is 13.8. The minimum Gasteiger partial charge on any atom is -0.465 e. The summed E-state index contributed by atoms with van der Waals surface area (Å²) in [5, 5.41) is 0. The van der Waals surface area contributed by atoms with E-state index in [4.69, 9.17) is 4.74 Å². The average Bonchev–Trinajstić information content (AvgIpc) is 2.93. The molecule has 0 aromatic carbocycles. The molecule has 72 valence electrons. The molecular weight excluding hydrogens is 166 g/mol. The number of piperidine rings is 1. The number of carbonyl (C=O) groups is 1. The minimum absolute atomic E-state index is 0.00262. The van der Waals surface area contributed by atoms with Gasteiger partial charge in [-0.3, -0.25) is 9.69 Å². The van der Waals surface area contributed by atoms with Crippen LogP contribution in [0.15, 0.2) is 0 Å². The lowest BCUT2D eigenvalue weighted by Gasteiger charge is -2.11. The topological polar surface area (TPSA) is 29.3 Å². The Bertz CT molecular complexity index is 266. The van der Waals surface area contributed by atoms with Crippen LogP contribution >= 0.6 is 0 Å². The first kappa shape index (κ1) is 7.80. The van der Waals surface area contributed by atoms with Crippen molar-refractivity contribution >= 4 is 5.97 Å². The molecule has 3 aliphatic heterocycles. The van der Waals surface area contributed by atoms with Crippen molar-refractivity contribution in [1.29, 1.82) is 0 Å². The summed E-state index contributed by atoms with van der Waals surface area (Å²) in [5.41, 5.74) is 0.539. The van der Waals surface area contributed by atoms with E-state index >= 15 is 0 Å². The highest BCUT2D eigenvalue weighted by atomic mass is 16.5. The highest BCUT2D eigenvalue weighted by molar-refractivity contribution is 5.79. The van der Waals surface area contributed by atoms with Crippen LogP contribution in [0.4, 0.5) is 0 Å². The molecule has 0 spiro atoms. The molecule has 1 saturated carbocycles. The molecule has 0 aromatic rings. The molecule has 3 nitrogen and oxygen atoms in total. The van der Waals surface area contributed by atoms with E-state index in [1.807, 2.05) is 6.92 Å². The van der Waals surface area contributed by atoms with Crippen LogP contribution in [0.25, 0.3) is 0 Å². The van der Waals surface area contributed by atoms with Crippen LogP contribution in [0, 0.1) is 5.41 Å². The van der Waals surface area contributed by atoms with E-state index in [1.165, 1.54) is 6.42 Å². The fraction of sp³-hybridized carbons (Fsp3) is 0.900. The van der Waals surface area contributed by atoms with Crippen molar-refractivity contribution in [1.82, 2.24) is 4.90 Å². The van der Waals surface area contributed by atoms with Crippen LogP contribution in [0.1, 0.15) is 26.7 Å². The second-order valence-corrected chi connectivity index (χ2v) is 4.40. The molecule has 1 aliphatic carbocycles. The lowest BCUT2D eigenvalue weighted by atomic mass is 9.97. The second kappa shape index (κ2) is 2.08. The van der Waals surface area contributed by atoms with Crippen molar-refractivity contribution < 1.29 is 9.53 Å². The SMILES string of the molecule is CCOC(=O)C1CC2(CC)C3C2N13. The standard InChI is InChI=1S/C10H15NO2/c1-3-10-5-6(9(12)13-4-2)11-7(10)8(10)11/h6-8H,3-5H2,1-2H3. The summed E-state index contributed by atoms with van der Waals surface area (Å²) in [6, 6.07) is 1.62. The molecular formula is C10H15NO2. The van der Waals surface area contributed by atoms with Gasteiger partial charge < -0.3 is 4.74 Å². The van der Waals surface area contributed by atoms with Gasteiger partial charge in [-0.2, -0.15) is 0 Å². The average molecular weight is 181 g/mol. The summed E-state index contributed by atoms with van der Waals surface area (Å²) in [5.74, 6) is 0.00262. The normalized spacial score (nSPS) is 54.3. The molecule has 0 N–H and O–H groups in total. The molecule has 3 heteroatoms. The smallest absolute Gasteiger partial charge is 0.323 e. The Balaban J connectivity index is 1.68. The third-order valence-electron chi connectivity index (χ3n) is 4.07. The summed E-state index contributed by atoms with van der Waals surface area (Å²) in [6.07, 6.45) is 2.28. The lowest BCUT2D eigenvalue weighted by Crippen LogP contribution is -2.28. The molecule has 0 amide bonds. The van der Waals surface area contributed by atoms with E-state index in [2.05, 4.69) is 11.8 Å². The van der Waals surface area contributed by atoms with Gasteiger partial charge in [-0.05, 0) is 19.8 Å². The molecule has 4 rings (SSSR count). The van der Waals surface area contributed by atoms with Gasteiger partial charge in [0.1, 0.15) is 6.04 Å². The maximum Gasteiger partial charge on any atom is 0.323 e. The van der Waals surface area contributed by atoms with Crippen LogP contribution in [-0.4, -0.2) is 35.6 Å². The Morgan fingerprint density at radius 1 is 1.54 bits per heavy atom. The number of rotatable bonds is 3. The van der Waals surface area contributed by atoms with E-state index in [0.717, 1.165) is 18.5 Å². The first-order valence-corrected chi connectivity index (χ1v) is 5.20. The number of fused-ring (bicyclic) bond motifs is 1. The third kappa shape index (κ3) is 0.688. The van der Waals surface area contributed by atoms with E-state index in [1.54, 1.807) is 0 Å². The Kier molecular flexibility index (Phi) is 1.25. The van der Waals surface area contributed by atoms with Crippen LogP contribution in [0.5, 0.6) is 0 Å². The van der Waals surface area contributed by atoms with Crippen molar-refractivity contribution in [3.63, 3.8) is 0 Å². The van der Waals surface area contributed by atoms with Crippen molar-refractivity contribution in [3.8, 4) is 0 Å². The zero-order valence-corrected chi connectivity index (χ0v) is 8.12. The van der Waals surface area contributed by atoms with Gasteiger partial charge in [-0.15, -0.1) is 0 Å². The fourth-order valence-corrected chi connectivity index (χ4v) is 3.31. The fourth-order valence-electron chi connectivity index (χ4n) is 3.31. The number of hydrogen-bond donors (Lipinski definition) is 0. The summed E-state index contributed by atoms with van der Waals surface area (Å²) in [7, 11) is 0. The highest BCUT2D eigenvalue weighted by Gasteiger charge is 2.89. The highest BCUT2D eigenvalue weighted by Crippen LogP contribution is 2.78. The molecule has 3 atom stereocenters. The molecule has 0 aromatic heterocycles. The summed E-state index contributed by atoms with van der Waals surface area (Å²) >= 11 is 0. The molecule has 13 heavy (non-hydrogen) atoms. The molecule has 4 aliphatic rings. The molecule has 3 unspecified atom stereocenters. The molecule has 3 saturated heterocycles. The molecule has 2 bridgehead atoms. The van der Waals surface area contributed by atoms with Crippen molar-refractivity contribution in [2.75, 3.05) is 6.61 Å². The van der Waals surface area contributed by atoms with Gasteiger partial charge in [0.25, 0.3) is 0 Å². The minimum atomic E-state index is 0.00262. The third-order valence-corrected chi connectivity index (χ3v) is 4.07. The van der Waals surface area contributed by atoms with Crippen molar-refractivity contribution in [2.45, 2.75) is 44.8 Å². The van der Waals surface area contributed by atoms with Crippen LogP contribution < -0.4 is 0 Å². The van der Waals surface area contributed by atoms with E-state index < -0.39 is 0 Å². The van der Waals surface area contributed by atoms with E-state index in [-0.39, 0.29) is 12.0 Å². The quantitative estimate of drug-likeness (QED) is 0.476. The Hall–Kier alpha value is -0.570. The van der Waals surface area contributed by atoms with Gasteiger partial charge in [0.05, 0.1) is 6.61 Å². The lowest BCUT2D eigenvalue weighted by molar-refractivity contribution is -0.146. The Morgan fingerprint density at radius 2 is 2.23 bits per heavy atom. The maximum absolute atomic E-state index is 11.5. The van der Waals surface area contributed by atoms with Crippen LogP contribution in [0.2, 0.25) is 0 Å². The predicted molar refractivity (Wildman–Crippen MR) is 47.2 cm³/mol. The molecule has 3 heterocycles.